The lowest BCUT2D eigenvalue weighted by atomic mass is 10.1. The number of benzene rings is 2. The van der Waals surface area contributed by atoms with Gasteiger partial charge in [0.2, 0.25) is 11.8 Å². The highest BCUT2D eigenvalue weighted by Crippen LogP contribution is 2.10. The first-order valence-electron chi connectivity index (χ1n) is 9.81. The summed E-state index contributed by atoms with van der Waals surface area (Å²) in [5.74, 6) is -0.539. The number of nitrogens with zero attached hydrogens (tertiary/aromatic N) is 2. The quantitative estimate of drug-likeness (QED) is 0.749. The van der Waals surface area contributed by atoms with Crippen molar-refractivity contribution in [3.63, 3.8) is 0 Å². The van der Waals surface area contributed by atoms with Gasteiger partial charge in [0.1, 0.15) is 5.82 Å². The van der Waals surface area contributed by atoms with Crippen LogP contribution in [0.3, 0.4) is 0 Å². The smallest absolute Gasteiger partial charge is 0.238 e. The summed E-state index contributed by atoms with van der Waals surface area (Å²) in [4.78, 5) is 28.5. The van der Waals surface area contributed by atoms with Crippen molar-refractivity contribution >= 4 is 17.5 Å². The monoisotopic (exact) mass is 398 g/mol. The molecular formula is C22H27FN4O2. The number of rotatable bonds is 7. The van der Waals surface area contributed by atoms with Gasteiger partial charge < -0.3 is 10.6 Å². The zero-order valence-electron chi connectivity index (χ0n) is 16.7. The lowest BCUT2D eigenvalue weighted by Crippen LogP contribution is -2.50. The van der Waals surface area contributed by atoms with E-state index < -0.39 is 0 Å². The van der Waals surface area contributed by atoms with Crippen LogP contribution in [0.4, 0.5) is 10.1 Å². The first-order chi connectivity index (χ1) is 14.0. The molecule has 7 heteroatoms. The second kappa shape index (κ2) is 10.1. The number of piperazine rings is 1. The molecule has 2 amide bonds. The van der Waals surface area contributed by atoms with Crippen LogP contribution in [0.1, 0.15) is 11.1 Å². The SMILES string of the molecule is Cc1ccccc1CNC(=O)CN1CCN(CC(=O)Nc2cccc(F)c2)CC1. The predicted octanol–water partition coefficient (Wildman–Crippen LogP) is 2.01. The minimum absolute atomic E-state index is 0.00514. The van der Waals surface area contributed by atoms with E-state index in [0.29, 0.717) is 31.9 Å². The molecule has 29 heavy (non-hydrogen) atoms. The van der Waals surface area contributed by atoms with Gasteiger partial charge in [-0.3, -0.25) is 19.4 Å². The molecule has 0 unspecified atom stereocenters. The maximum Gasteiger partial charge on any atom is 0.238 e. The van der Waals surface area contributed by atoms with Crippen LogP contribution in [0.5, 0.6) is 0 Å². The van der Waals surface area contributed by atoms with Crippen molar-refractivity contribution in [3.05, 3.63) is 65.5 Å². The van der Waals surface area contributed by atoms with Crippen LogP contribution in [0.2, 0.25) is 0 Å². The zero-order valence-corrected chi connectivity index (χ0v) is 16.7. The number of hydrogen-bond donors (Lipinski definition) is 2. The van der Waals surface area contributed by atoms with Gasteiger partial charge in [-0.25, -0.2) is 4.39 Å². The fourth-order valence-corrected chi connectivity index (χ4v) is 3.34. The molecule has 0 radical (unpaired) electrons. The van der Waals surface area contributed by atoms with E-state index in [2.05, 4.69) is 15.5 Å². The van der Waals surface area contributed by atoms with Crippen LogP contribution in [-0.2, 0) is 16.1 Å². The maximum absolute atomic E-state index is 13.2. The Bertz CT molecular complexity index is 850. The summed E-state index contributed by atoms with van der Waals surface area (Å²) in [7, 11) is 0. The lowest BCUT2D eigenvalue weighted by Gasteiger charge is -2.33. The van der Waals surface area contributed by atoms with E-state index in [0.717, 1.165) is 24.2 Å². The number of nitrogens with one attached hydrogen (secondary N) is 2. The van der Waals surface area contributed by atoms with Gasteiger partial charge in [-0.2, -0.15) is 0 Å². The number of halogens is 1. The minimum Gasteiger partial charge on any atom is -0.351 e. The standard InChI is InChI=1S/C22H27FN4O2/c1-17-5-2-3-6-18(17)14-24-21(28)15-26-9-11-27(12-10-26)16-22(29)25-20-8-4-7-19(23)13-20/h2-8,13H,9-12,14-16H2,1H3,(H,24,28)(H,25,29). The van der Waals surface area contributed by atoms with Gasteiger partial charge in [0, 0.05) is 38.4 Å². The molecule has 0 aliphatic carbocycles. The molecule has 0 atom stereocenters. The van der Waals surface area contributed by atoms with Crippen molar-refractivity contribution in [1.82, 2.24) is 15.1 Å². The van der Waals surface area contributed by atoms with Crippen molar-refractivity contribution in [3.8, 4) is 0 Å². The second-order valence-corrected chi connectivity index (χ2v) is 7.31. The summed E-state index contributed by atoms with van der Waals surface area (Å²) in [6.07, 6.45) is 0. The molecule has 0 bridgehead atoms. The summed E-state index contributed by atoms with van der Waals surface area (Å²) >= 11 is 0. The molecule has 1 saturated heterocycles. The van der Waals surface area contributed by atoms with Crippen LogP contribution in [-0.4, -0.2) is 60.9 Å². The molecule has 2 N–H and O–H groups in total. The Morgan fingerprint density at radius 1 is 0.931 bits per heavy atom. The Morgan fingerprint density at radius 2 is 1.59 bits per heavy atom. The highest BCUT2D eigenvalue weighted by atomic mass is 19.1. The average molecular weight is 398 g/mol. The molecule has 1 aliphatic rings. The molecule has 1 heterocycles. The topological polar surface area (TPSA) is 64.7 Å². The third-order valence-corrected chi connectivity index (χ3v) is 5.04. The third-order valence-electron chi connectivity index (χ3n) is 5.04. The van der Waals surface area contributed by atoms with Crippen LogP contribution in [0.25, 0.3) is 0 Å². The second-order valence-electron chi connectivity index (χ2n) is 7.31. The van der Waals surface area contributed by atoms with E-state index >= 15 is 0 Å². The minimum atomic E-state index is -0.378. The van der Waals surface area contributed by atoms with Crippen LogP contribution in [0, 0.1) is 12.7 Å². The highest BCUT2D eigenvalue weighted by Gasteiger charge is 2.20. The summed E-state index contributed by atoms with van der Waals surface area (Å²) in [5, 5.41) is 5.69. The molecule has 6 nitrogen and oxygen atoms in total. The summed E-state index contributed by atoms with van der Waals surface area (Å²) in [6.45, 7) is 6.05. The largest absolute Gasteiger partial charge is 0.351 e. The van der Waals surface area contributed by atoms with Gasteiger partial charge in [-0.1, -0.05) is 30.3 Å². The van der Waals surface area contributed by atoms with E-state index in [9.17, 15) is 14.0 Å². The number of aryl methyl sites for hydroxylation is 1. The van der Waals surface area contributed by atoms with E-state index in [1.54, 1.807) is 12.1 Å². The van der Waals surface area contributed by atoms with Crippen molar-refractivity contribution in [2.24, 2.45) is 0 Å². The normalized spacial score (nSPS) is 15.1. The van der Waals surface area contributed by atoms with E-state index in [1.165, 1.54) is 12.1 Å². The number of anilines is 1. The van der Waals surface area contributed by atoms with Gasteiger partial charge in [0.15, 0.2) is 0 Å². The molecular weight excluding hydrogens is 371 g/mol. The van der Waals surface area contributed by atoms with Crippen LogP contribution >= 0.6 is 0 Å². The van der Waals surface area contributed by atoms with Gasteiger partial charge in [0.25, 0.3) is 0 Å². The Hall–Kier alpha value is -2.77. The number of carbonyl (C=O) groups excluding carboxylic acids is 2. The first-order valence-corrected chi connectivity index (χ1v) is 9.81. The molecule has 0 saturated carbocycles. The fourth-order valence-electron chi connectivity index (χ4n) is 3.34. The zero-order chi connectivity index (χ0) is 20.6. The molecule has 3 rings (SSSR count). The van der Waals surface area contributed by atoms with Crippen LogP contribution < -0.4 is 10.6 Å². The van der Waals surface area contributed by atoms with Gasteiger partial charge in [-0.15, -0.1) is 0 Å². The van der Waals surface area contributed by atoms with E-state index in [-0.39, 0.29) is 24.2 Å². The summed E-state index contributed by atoms with van der Waals surface area (Å²) in [5.41, 5.74) is 2.74. The lowest BCUT2D eigenvalue weighted by molar-refractivity contribution is -0.123. The fraction of sp³-hybridized carbons (Fsp3) is 0.364. The maximum atomic E-state index is 13.2. The van der Waals surface area contributed by atoms with E-state index in [4.69, 9.17) is 0 Å². The molecule has 1 fully saturated rings. The molecule has 154 valence electrons. The van der Waals surface area contributed by atoms with Gasteiger partial charge >= 0.3 is 0 Å². The third kappa shape index (κ3) is 6.66. The van der Waals surface area contributed by atoms with Gasteiger partial charge in [-0.05, 0) is 36.2 Å². The molecule has 2 aromatic carbocycles. The molecule has 0 spiro atoms. The van der Waals surface area contributed by atoms with Crippen molar-refractivity contribution < 1.29 is 14.0 Å². The average Bonchev–Trinajstić information content (AvgIpc) is 2.69. The predicted molar refractivity (Wildman–Crippen MR) is 111 cm³/mol. The number of amides is 2. The molecule has 1 aliphatic heterocycles. The number of carbonyl (C=O) groups is 2. The highest BCUT2D eigenvalue weighted by molar-refractivity contribution is 5.92. The molecule has 2 aromatic rings. The summed E-state index contributed by atoms with van der Waals surface area (Å²) < 4.78 is 13.2. The number of hydrogen-bond acceptors (Lipinski definition) is 4. The Kier molecular flexibility index (Phi) is 7.32. The molecule has 0 aromatic heterocycles. The Labute approximate surface area is 170 Å². The van der Waals surface area contributed by atoms with Crippen LogP contribution in [0.15, 0.2) is 48.5 Å². The Morgan fingerprint density at radius 3 is 2.24 bits per heavy atom. The van der Waals surface area contributed by atoms with Crippen molar-refractivity contribution in [1.29, 1.82) is 0 Å². The van der Waals surface area contributed by atoms with Crippen molar-refractivity contribution in [2.45, 2.75) is 13.5 Å². The summed E-state index contributed by atoms with van der Waals surface area (Å²) in [6, 6.07) is 13.9. The van der Waals surface area contributed by atoms with Gasteiger partial charge in [0.05, 0.1) is 13.1 Å². The Balaban J connectivity index is 1.36. The first kappa shape index (κ1) is 21.0. The van der Waals surface area contributed by atoms with E-state index in [1.807, 2.05) is 36.1 Å². The van der Waals surface area contributed by atoms with Crippen molar-refractivity contribution in [2.75, 3.05) is 44.6 Å².